The Hall–Kier alpha value is -0.650. The predicted octanol–water partition coefficient (Wildman–Crippen LogP) is 2.74. The van der Waals surface area contributed by atoms with E-state index in [0.29, 0.717) is 6.04 Å². The first-order valence-electron chi connectivity index (χ1n) is 7.91. The summed E-state index contributed by atoms with van der Waals surface area (Å²) in [5, 5.41) is 4.73. The van der Waals surface area contributed by atoms with Crippen LogP contribution in [0.1, 0.15) is 44.5 Å². The molecular weight excluding hydrogens is 268 g/mol. The zero-order valence-electron chi connectivity index (χ0n) is 13.1. The minimum absolute atomic E-state index is 0.419. The quantitative estimate of drug-likeness (QED) is 0.838. The summed E-state index contributed by atoms with van der Waals surface area (Å²) in [6, 6.07) is 0.419. The minimum Gasteiger partial charge on any atom is -0.346 e. The van der Waals surface area contributed by atoms with Gasteiger partial charge in [0.2, 0.25) is 0 Å². The zero-order chi connectivity index (χ0) is 14.4. The molecule has 0 aliphatic carbocycles. The van der Waals surface area contributed by atoms with E-state index in [-0.39, 0.29) is 0 Å². The van der Waals surface area contributed by atoms with Gasteiger partial charge in [-0.25, -0.2) is 4.98 Å². The van der Waals surface area contributed by atoms with Crippen LogP contribution in [0.25, 0.3) is 0 Å². The van der Waals surface area contributed by atoms with E-state index in [4.69, 9.17) is 0 Å². The van der Waals surface area contributed by atoms with Crippen LogP contribution in [0.2, 0.25) is 0 Å². The molecule has 0 bridgehead atoms. The van der Waals surface area contributed by atoms with E-state index < -0.39 is 0 Å². The summed E-state index contributed by atoms with van der Waals surface area (Å²) in [6.07, 6.45) is 4.48. The molecule has 1 atom stereocenters. The highest BCUT2D eigenvalue weighted by Gasteiger charge is 2.19. The summed E-state index contributed by atoms with van der Waals surface area (Å²) in [4.78, 5) is 11.0. The molecule has 1 N–H and O–H groups in total. The highest BCUT2D eigenvalue weighted by molar-refractivity contribution is 7.15. The molecular formula is C15H28N4S. The van der Waals surface area contributed by atoms with Crippen molar-refractivity contribution in [3.05, 3.63) is 11.1 Å². The Balaban J connectivity index is 1.86. The fourth-order valence-electron chi connectivity index (χ4n) is 2.56. The molecule has 0 radical (unpaired) electrons. The van der Waals surface area contributed by atoms with Crippen LogP contribution < -0.4 is 10.2 Å². The molecule has 2 heterocycles. The number of rotatable bonds is 7. The number of hydrogen-bond acceptors (Lipinski definition) is 5. The molecule has 1 aromatic rings. The molecule has 1 aliphatic heterocycles. The van der Waals surface area contributed by atoms with Crippen molar-refractivity contribution in [2.24, 2.45) is 0 Å². The maximum Gasteiger partial charge on any atom is 0.185 e. The van der Waals surface area contributed by atoms with Crippen molar-refractivity contribution in [2.75, 3.05) is 44.2 Å². The Morgan fingerprint density at radius 3 is 2.65 bits per heavy atom. The standard InChI is InChI=1S/C15H28N4S/c1-4-6-16-13(3)14-12-17-15(20-14)19-10-8-18(7-5-2)9-11-19/h12-13,16H,4-11H2,1-3H3. The van der Waals surface area contributed by atoms with Crippen LogP contribution in [0.15, 0.2) is 6.20 Å². The lowest BCUT2D eigenvalue weighted by Crippen LogP contribution is -2.46. The van der Waals surface area contributed by atoms with Crippen molar-refractivity contribution in [1.29, 1.82) is 0 Å². The molecule has 4 nitrogen and oxygen atoms in total. The van der Waals surface area contributed by atoms with Gasteiger partial charge < -0.3 is 10.2 Å². The maximum absolute atomic E-state index is 4.63. The number of hydrogen-bond donors (Lipinski definition) is 1. The van der Waals surface area contributed by atoms with Gasteiger partial charge in [0.15, 0.2) is 5.13 Å². The average Bonchev–Trinajstić information content (AvgIpc) is 2.96. The Labute approximate surface area is 127 Å². The van der Waals surface area contributed by atoms with Gasteiger partial charge in [0.1, 0.15) is 0 Å². The maximum atomic E-state index is 4.63. The third-order valence-corrected chi connectivity index (χ3v) is 5.06. The second-order valence-electron chi connectivity index (χ2n) is 5.55. The van der Waals surface area contributed by atoms with Crippen LogP contribution in [0.3, 0.4) is 0 Å². The summed E-state index contributed by atoms with van der Waals surface area (Å²) in [6.45, 7) is 13.6. The zero-order valence-corrected chi connectivity index (χ0v) is 13.9. The van der Waals surface area contributed by atoms with Crippen LogP contribution >= 0.6 is 11.3 Å². The SMILES string of the molecule is CCCNC(C)c1cnc(N2CCN(CCC)CC2)s1. The van der Waals surface area contributed by atoms with Gasteiger partial charge in [0.25, 0.3) is 0 Å². The molecule has 0 spiro atoms. The largest absolute Gasteiger partial charge is 0.346 e. The predicted molar refractivity (Wildman–Crippen MR) is 87.8 cm³/mol. The fourth-order valence-corrected chi connectivity index (χ4v) is 3.56. The molecule has 0 amide bonds. The van der Waals surface area contributed by atoms with Gasteiger partial charge >= 0.3 is 0 Å². The lowest BCUT2D eigenvalue weighted by molar-refractivity contribution is 0.258. The first-order chi connectivity index (χ1) is 9.74. The number of aromatic nitrogens is 1. The van der Waals surface area contributed by atoms with Crippen molar-refractivity contribution in [3.63, 3.8) is 0 Å². The smallest absolute Gasteiger partial charge is 0.185 e. The highest BCUT2D eigenvalue weighted by Crippen LogP contribution is 2.27. The number of nitrogens with one attached hydrogen (secondary N) is 1. The Morgan fingerprint density at radius 2 is 2.00 bits per heavy atom. The Kier molecular flexibility index (Phi) is 6.26. The van der Waals surface area contributed by atoms with E-state index >= 15 is 0 Å². The minimum atomic E-state index is 0.419. The van der Waals surface area contributed by atoms with Crippen molar-refractivity contribution < 1.29 is 0 Å². The monoisotopic (exact) mass is 296 g/mol. The van der Waals surface area contributed by atoms with Crippen LogP contribution in [-0.2, 0) is 0 Å². The molecule has 0 saturated carbocycles. The van der Waals surface area contributed by atoms with Gasteiger partial charge in [-0.15, -0.1) is 11.3 Å². The molecule has 0 aromatic carbocycles. The van der Waals surface area contributed by atoms with Crippen LogP contribution in [-0.4, -0.2) is 49.2 Å². The van der Waals surface area contributed by atoms with E-state index in [1.807, 2.05) is 17.5 Å². The fraction of sp³-hybridized carbons (Fsp3) is 0.800. The topological polar surface area (TPSA) is 31.4 Å². The molecule has 1 unspecified atom stereocenters. The lowest BCUT2D eigenvalue weighted by atomic mass is 10.3. The molecule has 1 fully saturated rings. The Bertz CT molecular complexity index is 385. The molecule has 1 aliphatic rings. The summed E-state index contributed by atoms with van der Waals surface area (Å²) in [7, 11) is 0. The first kappa shape index (κ1) is 15.7. The molecule has 2 rings (SSSR count). The average molecular weight is 296 g/mol. The van der Waals surface area contributed by atoms with E-state index in [1.54, 1.807) is 0 Å². The van der Waals surface area contributed by atoms with E-state index in [0.717, 1.165) is 19.6 Å². The van der Waals surface area contributed by atoms with Gasteiger partial charge in [-0.3, -0.25) is 4.90 Å². The molecule has 5 heteroatoms. The van der Waals surface area contributed by atoms with Gasteiger partial charge in [-0.2, -0.15) is 0 Å². The summed E-state index contributed by atoms with van der Waals surface area (Å²) < 4.78 is 0. The van der Waals surface area contributed by atoms with Gasteiger partial charge in [-0.05, 0) is 32.9 Å². The van der Waals surface area contributed by atoms with E-state index in [2.05, 4.69) is 40.9 Å². The van der Waals surface area contributed by atoms with Gasteiger partial charge in [-0.1, -0.05) is 13.8 Å². The third-order valence-electron chi connectivity index (χ3n) is 3.82. The molecule has 1 saturated heterocycles. The lowest BCUT2D eigenvalue weighted by Gasteiger charge is -2.34. The second kappa shape index (κ2) is 7.96. The van der Waals surface area contributed by atoms with Crippen molar-refractivity contribution in [2.45, 2.75) is 39.7 Å². The third kappa shape index (κ3) is 4.17. The number of thiazole rings is 1. The number of anilines is 1. The van der Waals surface area contributed by atoms with Gasteiger partial charge in [0, 0.05) is 43.3 Å². The summed E-state index contributed by atoms with van der Waals surface area (Å²) in [5.74, 6) is 0. The normalized spacial score (nSPS) is 18.4. The van der Waals surface area contributed by atoms with Crippen LogP contribution in [0.5, 0.6) is 0 Å². The van der Waals surface area contributed by atoms with Crippen molar-refractivity contribution >= 4 is 16.5 Å². The number of nitrogens with zero attached hydrogens (tertiary/aromatic N) is 3. The van der Waals surface area contributed by atoms with Crippen LogP contribution in [0.4, 0.5) is 5.13 Å². The Morgan fingerprint density at radius 1 is 1.25 bits per heavy atom. The van der Waals surface area contributed by atoms with Crippen molar-refractivity contribution in [1.82, 2.24) is 15.2 Å². The number of piperazine rings is 1. The van der Waals surface area contributed by atoms with Crippen molar-refractivity contribution in [3.8, 4) is 0 Å². The van der Waals surface area contributed by atoms with Gasteiger partial charge in [0.05, 0.1) is 0 Å². The highest BCUT2D eigenvalue weighted by atomic mass is 32.1. The molecule has 1 aromatic heterocycles. The van der Waals surface area contributed by atoms with E-state index in [9.17, 15) is 0 Å². The summed E-state index contributed by atoms with van der Waals surface area (Å²) in [5.41, 5.74) is 0. The molecule has 20 heavy (non-hydrogen) atoms. The van der Waals surface area contributed by atoms with Crippen LogP contribution in [0, 0.1) is 0 Å². The van der Waals surface area contributed by atoms with E-state index in [1.165, 1.54) is 42.5 Å². The summed E-state index contributed by atoms with van der Waals surface area (Å²) >= 11 is 1.85. The second-order valence-corrected chi connectivity index (χ2v) is 6.59. The molecule has 114 valence electrons. The first-order valence-corrected chi connectivity index (χ1v) is 8.72.